The molecule has 15 heavy (non-hydrogen) atoms. The molecule has 1 aliphatic heterocycles. The molecule has 1 aromatic rings. The molecule has 1 aromatic carbocycles. The van der Waals surface area contributed by atoms with Crippen molar-refractivity contribution in [3.05, 3.63) is 29.6 Å². The molecular formula is C11H12ClFO2. The van der Waals surface area contributed by atoms with E-state index in [1.807, 2.05) is 0 Å². The molecule has 1 aliphatic rings. The number of ether oxygens (including phenoxy) is 1. The Balaban J connectivity index is 2.16. The van der Waals surface area contributed by atoms with Gasteiger partial charge in [0.05, 0.1) is 5.88 Å². The molecule has 4 heteroatoms. The summed E-state index contributed by atoms with van der Waals surface area (Å²) in [5.41, 5.74) is 0.855. The van der Waals surface area contributed by atoms with Gasteiger partial charge >= 0.3 is 0 Å². The predicted octanol–water partition coefficient (Wildman–Crippen LogP) is 2.12. The maximum Gasteiger partial charge on any atom is 0.126 e. The van der Waals surface area contributed by atoms with Gasteiger partial charge in [-0.1, -0.05) is 0 Å². The van der Waals surface area contributed by atoms with E-state index in [0.29, 0.717) is 18.6 Å². The average Bonchev–Trinajstić information content (AvgIpc) is 2.27. The lowest BCUT2D eigenvalue weighted by atomic mass is 9.99. The third-order valence-electron chi connectivity index (χ3n) is 2.59. The molecule has 0 aromatic heterocycles. The monoisotopic (exact) mass is 230 g/mol. The molecule has 0 aliphatic carbocycles. The highest BCUT2D eigenvalue weighted by Crippen LogP contribution is 2.29. The molecule has 0 saturated carbocycles. The van der Waals surface area contributed by atoms with Crippen molar-refractivity contribution in [1.82, 2.24) is 0 Å². The molecular weight excluding hydrogens is 219 g/mol. The Morgan fingerprint density at radius 1 is 1.60 bits per heavy atom. The van der Waals surface area contributed by atoms with Gasteiger partial charge in [0.25, 0.3) is 0 Å². The van der Waals surface area contributed by atoms with Gasteiger partial charge in [0.15, 0.2) is 0 Å². The van der Waals surface area contributed by atoms with Crippen molar-refractivity contribution >= 4 is 11.6 Å². The fourth-order valence-electron chi connectivity index (χ4n) is 1.75. The summed E-state index contributed by atoms with van der Waals surface area (Å²) in [7, 11) is 0. The first-order valence-corrected chi connectivity index (χ1v) is 5.43. The number of aliphatic hydroxyl groups is 1. The topological polar surface area (TPSA) is 29.5 Å². The maximum absolute atomic E-state index is 12.9. The van der Waals surface area contributed by atoms with Crippen LogP contribution in [0, 0.1) is 5.82 Å². The molecule has 1 N–H and O–H groups in total. The molecule has 82 valence electrons. The quantitative estimate of drug-likeness (QED) is 0.789. The molecule has 0 spiro atoms. The van der Waals surface area contributed by atoms with Crippen molar-refractivity contribution in [2.24, 2.45) is 0 Å². The van der Waals surface area contributed by atoms with Gasteiger partial charge in [0.2, 0.25) is 0 Å². The number of aryl methyl sites for hydroxylation is 1. The second kappa shape index (κ2) is 4.37. The van der Waals surface area contributed by atoms with E-state index in [1.54, 1.807) is 6.07 Å². The van der Waals surface area contributed by atoms with Crippen LogP contribution in [-0.4, -0.2) is 23.2 Å². The Labute approximate surface area is 92.6 Å². The summed E-state index contributed by atoms with van der Waals surface area (Å²) >= 11 is 5.55. The molecule has 1 unspecified atom stereocenters. The smallest absolute Gasteiger partial charge is 0.126 e. The lowest BCUT2D eigenvalue weighted by molar-refractivity contribution is 0.0377. The van der Waals surface area contributed by atoms with Crippen molar-refractivity contribution < 1.29 is 14.2 Å². The zero-order chi connectivity index (χ0) is 10.8. The first kappa shape index (κ1) is 10.7. The number of aliphatic hydroxyl groups excluding tert-OH is 1. The van der Waals surface area contributed by atoms with Gasteiger partial charge < -0.3 is 9.84 Å². The first-order valence-electron chi connectivity index (χ1n) is 4.90. The van der Waals surface area contributed by atoms with E-state index in [-0.39, 0.29) is 17.8 Å². The Morgan fingerprint density at radius 2 is 2.40 bits per heavy atom. The van der Waals surface area contributed by atoms with E-state index in [1.165, 1.54) is 12.1 Å². The third-order valence-corrected chi connectivity index (χ3v) is 2.90. The minimum Gasteiger partial charge on any atom is -0.487 e. The molecule has 2 atom stereocenters. The second-order valence-electron chi connectivity index (χ2n) is 3.67. The van der Waals surface area contributed by atoms with Crippen LogP contribution in [0.3, 0.4) is 0 Å². The largest absolute Gasteiger partial charge is 0.487 e. The predicted molar refractivity (Wildman–Crippen MR) is 55.9 cm³/mol. The fraction of sp³-hybridized carbons (Fsp3) is 0.455. The van der Waals surface area contributed by atoms with Gasteiger partial charge in [-0.3, -0.25) is 0 Å². The van der Waals surface area contributed by atoms with Gasteiger partial charge in [-0.05, 0) is 36.6 Å². The summed E-state index contributed by atoms with van der Waals surface area (Å²) in [5, 5.41) is 9.53. The van der Waals surface area contributed by atoms with E-state index >= 15 is 0 Å². The second-order valence-corrected chi connectivity index (χ2v) is 3.98. The van der Waals surface area contributed by atoms with Gasteiger partial charge in [-0.15, -0.1) is 11.6 Å². The number of alkyl halides is 1. The van der Waals surface area contributed by atoms with Crippen LogP contribution >= 0.6 is 11.6 Å². The first-order chi connectivity index (χ1) is 7.20. The standard InChI is InChI=1S/C11H12ClFO2/c12-6-9(14)11-3-1-7-5-8(13)2-4-10(7)15-11/h2,4-5,9,11,14H,1,3,6H2/t9-,11?/m1/s1. The summed E-state index contributed by atoms with van der Waals surface area (Å²) in [4.78, 5) is 0. The molecule has 2 rings (SSSR count). The molecule has 1 heterocycles. The zero-order valence-corrected chi connectivity index (χ0v) is 8.88. The summed E-state index contributed by atoms with van der Waals surface area (Å²) in [6.45, 7) is 0. The van der Waals surface area contributed by atoms with Crippen LogP contribution in [0.4, 0.5) is 4.39 Å². The SMILES string of the molecule is O[C@H](CCl)C1CCc2cc(F)ccc2O1. The minimum absolute atomic E-state index is 0.154. The highest BCUT2D eigenvalue weighted by molar-refractivity contribution is 6.18. The van der Waals surface area contributed by atoms with Gasteiger partial charge in [0.1, 0.15) is 23.8 Å². The van der Waals surface area contributed by atoms with E-state index in [2.05, 4.69) is 0 Å². The molecule has 2 nitrogen and oxygen atoms in total. The number of fused-ring (bicyclic) bond motifs is 1. The van der Waals surface area contributed by atoms with E-state index in [9.17, 15) is 9.50 Å². The number of rotatable bonds is 2. The van der Waals surface area contributed by atoms with Crippen LogP contribution in [0.2, 0.25) is 0 Å². The van der Waals surface area contributed by atoms with Crippen molar-refractivity contribution in [2.75, 3.05) is 5.88 Å². The van der Waals surface area contributed by atoms with Crippen LogP contribution in [-0.2, 0) is 6.42 Å². The molecule has 0 amide bonds. The van der Waals surface area contributed by atoms with Crippen LogP contribution in [0.15, 0.2) is 18.2 Å². The minimum atomic E-state index is -0.662. The lowest BCUT2D eigenvalue weighted by Gasteiger charge is -2.28. The van der Waals surface area contributed by atoms with E-state index in [0.717, 1.165) is 5.56 Å². The third kappa shape index (κ3) is 2.24. The van der Waals surface area contributed by atoms with Gasteiger partial charge in [0, 0.05) is 0 Å². The molecule has 0 radical (unpaired) electrons. The van der Waals surface area contributed by atoms with Crippen molar-refractivity contribution in [1.29, 1.82) is 0 Å². The van der Waals surface area contributed by atoms with Crippen LogP contribution in [0.1, 0.15) is 12.0 Å². The number of benzene rings is 1. The molecule has 0 bridgehead atoms. The van der Waals surface area contributed by atoms with Gasteiger partial charge in [-0.2, -0.15) is 0 Å². The Morgan fingerprint density at radius 3 is 3.13 bits per heavy atom. The lowest BCUT2D eigenvalue weighted by Crippen LogP contribution is -2.36. The van der Waals surface area contributed by atoms with Crippen molar-refractivity contribution in [3.63, 3.8) is 0 Å². The Hall–Kier alpha value is -0.800. The maximum atomic E-state index is 12.9. The summed E-state index contributed by atoms with van der Waals surface area (Å²) < 4.78 is 18.4. The highest BCUT2D eigenvalue weighted by atomic mass is 35.5. The van der Waals surface area contributed by atoms with Crippen molar-refractivity contribution in [2.45, 2.75) is 25.0 Å². The van der Waals surface area contributed by atoms with Crippen molar-refractivity contribution in [3.8, 4) is 5.75 Å². The number of halogens is 2. The van der Waals surface area contributed by atoms with Crippen LogP contribution < -0.4 is 4.74 Å². The average molecular weight is 231 g/mol. The Bertz CT molecular complexity index is 356. The fourth-order valence-corrected chi connectivity index (χ4v) is 1.95. The summed E-state index contributed by atoms with van der Waals surface area (Å²) in [6, 6.07) is 4.42. The number of hydrogen-bond acceptors (Lipinski definition) is 2. The Kier molecular flexibility index (Phi) is 3.12. The van der Waals surface area contributed by atoms with Gasteiger partial charge in [-0.25, -0.2) is 4.39 Å². The zero-order valence-electron chi connectivity index (χ0n) is 8.12. The summed E-state index contributed by atoms with van der Waals surface area (Å²) in [6.07, 6.45) is 0.445. The molecule has 0 fully saturated rings. The van der Waals surface area contributed by atoms with E-state index in [4.69, 9.17) is 16.3 Å². The van der Waals surface area contributed by atoms with E-state index < -0.39 is 6.10 Å². The van der Waals surface area contributed by atoms with Crippen LogP contribution in [0.5, 0.6) is 5.75 Å². The summed E-state index contributed by atoms with van der Waals surface area (Å²) in [5.74, 6) is 0.548. The highest BCUT2D eigenvalue weighted by Gasteiger charge is 2.25. The van der Waals surface area contributed by atoms with Crippen LogP contribution in [0.25, 0.3) is 0 Å². The number of hydrogen-bond donors (Lipinski definition) is 1. The normalized spacial score (nSPS) is 21.7. The molecule has 0 saturated heterocycles.